The fourth-order valence-electron chi connectivity index (χ4n) is 1.34. The molecular weight excluding hydrogens is 208 g/mol. The highest BCUT2D eigenvalue weighted by molar-refractivity contribution is 5.88. The number of aliphatic hydroxyl groups is 1. The molecule has 4 nitrogen and oxygen atoms in total. The third-order valence-corrected chi connectivity index (χ3v) is 2.97. The number of carbonyl (C=O) groups excluding carboxylic acids is 2. The third-order valence-electron chi connectivity index (χ3n) is 2.97. The van der Waals surface area contributed by atoms with Gasteiger partial charge in [-0.25, -0.2) is 0 Å². The van der Waals surface area contributed by atoms with Crippen molar-refractivity contribution in [2.24, 2.45) is 0 Å². The lowest BCUT2D eigenvalue weighted by Gasteiger charge is -2.29. The van der Waals surface area contributed by atoms with E-state index in [0.717, 1.165) is 0 Å². The van der Waals surface area contributed by atoms with Crippen molar-refractivity contribution in [3.63, 3.8) is 0 Å². The summed E-state index contributed by atoms with van der Waals surface area (Å²) >= 11 is 0. The maximum absolute atomic E-state index is 11.6. The molecule has 0 fully saturated rings. The second kappa shape index (κ2) is 6.11. The van der Waals surface area contributed by atoms with Gasteiger partial charge in [0, 0.05) is 0 Å². The van der Waals surface area contributed by atoms with Gasteiger partial charge < -0.3 is 9.84 Å². The molecule has 0 aliphatic carbocycles. The van der Waals surface area contributed by atoms with Crippen LogP contribution in [0.4, 0.5) is 0 Å². The average Bonchev–Trinajstić information content (AvgIpc) is 2.26. The van der Waals surface area contributed by atoms with E-state index in [1.807, 2.05) is 6.92 Å². The summed E-state index contributed by atoms with van der Waals surface area (Å²) in [6.45, 7) is 8.22. The van der Waals surface area contributed by atoms with Gasteiger partial charge in [-0.1, -0.05) is 13.8 Å². The largest absolute Gasteiger partial charge is 0.385 e. The summed E-state index contributed by atoms with van der Waals surface area (Å²) in [4.78, 5) is 23.0. The Morgan fingerprint density at radius 3 is 2.19 bits per heavy atom. The standard InChI is InChI=1S/C12H22O4/c1-6-10(14)11(15)8(3)16-12(5,7-2)9(4)13/h8,10,14H,6-7H2,1-5H3. The second-order valence-electron chi connectivity index (χ2n) is 4.23. The molecule has 0 radical (unpaired) electrons. The van der Waals surface area contributed by atoms with Gasteiger partial charge in [-0.05, 0) is 33.6 Å². The Kier molecular flexibility index (Phi) is 5.83. The summed E-state index contributed by atoms with van der Waals surface area (Å²) in [5.41, 5.74) is -0.942. The lowest BCUT2D eigenvalue weighted by atomic mass is 9.97. The second-order valence-corrected chi connectivity index (χ2v) is 4.23. The van der Waals surface area contributed by atoms with Crippen molar-refractivity contribution in [2.75, 3.05) is 0 Å². The number of ether oxygens (including phenoxy) is 1. The summed E-state index contributed by atoms with van der Waals surface area (Å²) in [5.74, 6) is -0.482. The molecule has 0 heterocycles. The van der Waals surface area contributed by atoms with Gasteiger partial charge in [0.2, 0.25) is 0 Å². The minimum absolute atomic E-state index is 0.111. The maximum Gasteiger partial charge on any atom is 0.189 e. The van der Waals surface area contributed by atoms with Crippen molar-refractivity contribution in [1.29, 1.82) is 0 Å². The van der Waals surface area contributed by atoms with E-state index in [-0.39, 0.29) is 11.6 Å². The van der Waals surface area contributed by atoms with Crippen molar-refractivity contribution in [2.45, 2.75) is 65.3 Å². The van der Waals surface area contributed by atoms with Gasteiger partial charge in [-0.2, -0.15) is 0 Å². The first-order valence-electron chi connectivity index (χ1n) is 5.69. The van der Waals surface area contributed by atoms with Crippen LogP contribution in [0.3, 0.4) is 0 Å². The predicted octanol–water partition coefficient (Wildman–Crippen LogP) is 1.49. The zero-order valence-corrected chi connectivity index (χ0v) is 10.7. The fourth-order valence-corrected chi connectivity index (χ4v) is 1.34. The van der Waals surface area contributed by atoms with Crippen LogP contribution < -0.4 is 0 Å². The van der Waals surface area contributed by atoms with Crippen LogP contribution in [0.5, 0.6) is 0 Å². The SMILES string of the molecule is CCC(O)C(=O)C(C)OC(C)(CC)C(C)=O. The molecule has 0 aliphatic rings. The minimum Gasteiger partial charge on any atom is -0.385 e. The van der Waals surface area contributed by atoms with Gasteiger partial charge in [0.05, 0.1) is 0 Å². The van der Waals surface area contributed by atoms with E-state index in [1.54, 1.807) is 20.8 Å². The number of rotatable bonds is 7. The molecule has 16 heavy (non-hydrogen) atoms. The van der Waals surface area contributed by atoms with Crippen molar-refractivity contribution < 1.29 is 19.4 Å². The maximum atomic E-state index is 11.6. The van der Waals surface area contributed by atoms with E-state index in [0.29, 0.717) is 12.8 Å². The highest BCUT2D eigenvalue weighted by atomic mass is 16.5. The Morgan fingerprint density at radius 2 is 1.88 bits per heavy atom. The number of ketones is 2. The summed E-state index contributed by atoms with van der Waals surface area (Å²) in [6, 6.07) is 0. The molecular formula is C12H22O4. The molecule has 0 saturated carbocycles. The monoisotopic (exact) mass is 230 g/mol. The third kappa shape index (κ3) is 3.68. The number of carbonyl (C=O) groups is 2. The lowest BCUT2D eigenvalue weighted by Crippen LogP contribution is -2.43. The van der Waals surface area contributed by atoms with Crippen molar-refractivity contribution in [3.8, 4) is 0 Å². The fraction of sp³-hybridized carbons (Fsp3) is 0.833. The van der Waals surface area contributed by atoms with Gasteiger partial charge in [0.1, 0.15) is 17.8 Å². The van der Waals surface area contributed by atoms with E-state index >= 15 is 0 Å². The highest BCUT2D eigenvalue weighted by Gasteiger charge is 2.34. The van der Waals surface area contributed by atoms with Gasteiger partial charge in [-0.3, -0.25) is 9.59 Å². The van der Waals surface area contributed by atoms with Gasteiger partial charge in [0.15, 0.2) is 11.6 Å². The molecule has 3 unspecified atom stereocenters. The van der Waals surface area contributed by atoms with Crippen molar-refractivity contribution in [3.05, 3.63) is 0 Å². The smallest absolute Gasteiger partial charge is 0.189 e. The van der Waals surface area contributed by atoms with Gasteiger partial charge in [-0.15, -0.1) is 0 Å². The normalized spacial score (nSPS) is 18.6. The molecule has 0 rings (SSSR count). The Hall–Kier alpha value is -0.740. The Balaban J connectivity index is 4.59. The molecule has 0 aromatic carbocycles. The van der Waals surface area contributed by atoms with Gasteiger partial charge in [0.25, 0.3) is 0 Å². The predicted molar refractivity (Wildman–Crippen MR) is 61.2 cm³/mol. The number of Topliss-reactive ketones (excluding diaryl/α,β-unsaturated/α-hetero) is 2. The van der Waals surface area contributed by atoms with Crippen LogP contribution in [0.1, 0.15) is 47.5 Å². The van der Waals surface area contributed by atoms with Crippen LogP contribution in [0.2, 0.25) is 0 Å². The zero-order valence-electron chi connectivity index (χ0n) is 10.7. The van der Waals surface area contributed by atoms with Gasteiger partial charge >= 0.3 is 0 Å². The first-order chi connectivity index (χ1) is 7.28. The highest BCUT2D eigenvalue weighted by Crippen LogP contribution is 2.19. The summed E-state index contributed by atoms with van der Waals surface area (Å²) in [7, 11) is 0. The Bertz CT molecular complexity index is 262. The molecule has 0 amide bonds. The van der Waals surface area contributed by atoms with Crippen molar-refractivity contribution >= 4 is 11.6 Å². The minimum atomic E-state index is -1.01. The molecule has 4 heteroatoms. The first-order valence-corrected chi connectivity index (χ1v) is 5.69. The molecule has 0 saturated heterocycles. The molecule has 0 bridgehead atoms. The lowest BCUT2D eigenvalue weighted by molar-refractivity contribution is -0.159. The summed E-state index contributed by atoms with van der Waals surface area (Å²) in [6.07, 6.45) is -0.913. The van der Waals surface area contributed by atoms with Crippen molar-refractivity contribution in [1.82, 2.24) is 0 Å². The van der Waals surface area contributed by atoms with Crippen LogP contribution in [0, 0.1) is 0 Å². The number of hydrogen-bond donors (Lipinski definition) is 1. The van der Waals surface area contributed by atoms with Crippen LogP contribution in [0.15, 0.2) is 0 Å². The molecule has 0 spiro atoms. The number of aliphatic hydroxyl groups excluding tert-OH is 1. The number of hydrogen-bond acceptors (Lipinski definition) is 4. The Labute approximate surface area is 97.0 Å². The van der Waals surface area contributed by atoms with E-state index in [1.165, 1.54) is 6.92 Å². The first kappa shape index (κ1) is 15.3. The van der Waals surface area contributed by atoms with E-state index < -0.39 is 17.8 Å². The molecule has 1 N–H and O–H groups in total. The topological polar surface area (TPSA) is 63.6 Å². The quantitative estimate of drug-likeness (QED) is 0.719. The molecule has 0 aromatic heterocycles. The van der Waals surface area contributed by atoms with E-state index in [9.17, 15) is 14.7 Å². The molecule has 94 valence electrons. The molecule has 0 aliphatic heterocycles. The van der Waals surface area contributed by atoms with E-state index in [4.69, 9.17) is 4.74 Å². The Morgan fingerprint density at radius 1 is 1.38 bits per heavy atom. The van der Waals surface area contributed by atoms with Crippen LogP contribution in [-0.2, 0) is 14.3 Å². The van der Waals surface area contributed by atoms with Crippen LogP contribution in [0.25, 0.3) is 0 Å². The van der Waals surface area contributed by atoms with E-state index in [2.05, 4.69) is 0 Å². The summed E-state index contributed by atoms with van der Waals surface area (Å²) in [5, 5.41) is 9.39. The zero-order chi connectivity index (χ0) is 12.9. The average molecular weight is 230 g/mol. The van der Waals surface area contributed by atoms with Crippen LogP contribution in [-0.4, -0.2) is 34.5 Å². The molecule has 3 atom stereocenters. The molecule has 0 aromatic rings. The van der Waals surface area contributed by atoms with Crippen LogP contribution >= 0.6 is 0 Å². The summed E-state index contributed by atoms with van der Waals surface area (Å²) < 4.78 is 5.47.